The summed E-state index contributed by atoms with van der Waals surface area (Å²) >= 11 is 0. The van der Waals surface area contributed by atoms with E-state index in [0.717, 1.165) is 0 Å². The van der Waals surface area contributed by atoms with Crippen molar-refractivity contribution in [3.8, 4) is 5.75 Å². The van der Waals surface area contributed by atoms with Gasteiger partial charge in [-0.3, -0.25) is 0 Å². The Labute approximate surface area is 115 Å². The minimum atomic E-state index is -4.69. The van der Waals surface area contributed by atoms with E-state index in [1.165, 1.54) is 12.1 Å². The monoisotopic (exact) mass is 289 g/mol. The third kappa shape index (κ3) is 3.24. The second-order valence-corrected chi connectivity index (χ2v) is 5.66. The zero-order valence-electron chi connectivity index (χ0n) is 11.4. The van der Waals surface area contributed by atoms with Crippen molar-refractivity contribution in [2.24, 2.45) is 5.41 Å². The molecule has 0 radical (unpaired) electrons. The summed E-state index contributed by atoms with van der Waals surface area (Å²) in [5, 5.41) is 12.8. The highest BCUT2D eigenvalue weighted by molar-refractivity contribution is 5.33. The van der Waals surface area contributed by atoms with E-state index >= 15 is 0 Å². The zero-order valence-corrected chi connectivity index (χ0v) is 11.4. The molecule has 1 aliphatic carbocycles. The summed E-state index contributed by atoms with van der Waals surface area (Å²) in [6, 6.07) is 6.14. The lowest BCUT2D eigenvalue weighted by molar-refractivity contribution is -0.274. The molecular weight excluding hydrogens is 271 g/mol. The molecule has 1 fully saturated rings. The second-order valence-electron chi connectivity index (χ2n) is 5.66. The van der Waals surface area contributed by atoms with Gasteiger partial charge in [0.25, 0.3) is 0 Å². The quantitative estimate of drug-likeness (QED) is 0.895. The van der Waals surface area contributed by atoms with Gasteiger partial charge in [0, 0.05) is 23.6 Å². The molecule has 2 rings (SSSR count). The first-order valence-electron chi connectivity index (χ1n) is 6.45. The highest BCUT2D eigenvalue weighted by Gasteiger charge is 2.46. The van der Waals surface area contributed by atoms with E-state index in [1.807, 2.05) is 13.8 Å². The van der Waals surface area contributed by atoms with Crippen molar-refractivity contribution in [3.05, 3.63) is 29.8 Å². The first kappa shape index (κ1) is 15.1. The van der Waals surface area contributed by atoms with Crippen molar-refractivity contribution in [3.63, 3.8) is 0 Å². The number of halogens is 3. The van der Waals surface area contributed by atoms with E-state index in [9.17, 15) is 18.3 Å². The third-order valence-electron chi connectivity index (χ3n) is 3.95. The molecule has 1 saturated carbocycles. The third-order valence-corrected chi connectivity index (χ3v) is 3.95. The van der Waals surface area contributed by atoms with Gasteiger partial charge in [-0.15, -0.1) is 13.2 Å². The van der Waals surface area contributed by atoms with E-state index in [4.69, 9.17) is 0 Å². The Hall–Kier alpha value is -1.27. The van der Waals surface area contributed by atoms with E-state index < -0.39 is 6.36 Å². The molecule has 112 valence electrons. The number of benzene rings is 1. The van der Waals surface area contributed by atoms with Crippen molar-refractivity contribution < 1.29 is 23.0 Å². The number of ether oxygens (including phenoxy) is 1. The minimum absolute atomic E-state index is 0.0800. The number of alkyl halides is 3. The van der Waals surface area contributed by atoms with Crippen LogP contribution in [0.25, 0.3) is 0 Å². The van der Waals surface area contributed by atoms with Crippen LogP contribution in [0.5, 0.6) is 5.75 Å². The van der Waals surface area contributed by atoms with Crippen LogP contribution in [-0.2, 0) is 6.54 Å². The first-order valence-corrected chi connectivity index (χ1v) is 6.45. The van der Waals surface area contributed by atoms with E-state index in [-0.39, 0.29) is 29.9 Å². The standard InChI is InChI=1S/C14H18F3NO2/c1-13(2)11(7-12(13)19)18-8-9-5-3-4-6-10(9)20-14(15,16)17/h3-6,11-12,18-19H,7-8H2,1-2H3. The molecule has 0 aromatic heterocycles. The van der Waals surface area contributed by atoms with Crippen LogP contribution in [0.1, 0.15) is 25.8 Å². The Kier molecular flexibility index (Phi) is 3.97. The summed E-state index contributed by atoms with van der Waals surface area (Å²) in [7, 11) is 0. The van der Waals surface area contributed by atoms with Crippen molar-refractivity contribution in [1.82, 2.24) is 5.32 Å². The Morgan fingerprint density at radius 2 is 2.00 bits per heavy atom. The van der Waals surface area contributed by atoms with Gasteiger partial charge < -0.3 is 15.2 Å². The van der Waals surface area contributed by atoms with E-state index in [0.29, 0.717) is 12.0 Å². The molecule has 0 amide bonds. The zero-order chi connectivity index (χ0) is 15.0. The van der Waals surface area contributed by atoms with Crippen molar-refractivity contribution in [2.75, 3.05) is 0 Å². The van der Waals surface area contributed by atoms with Crippen LogP contribution in [0.2, 0.25) is 0 Å². The van der Waals surface area contributed by atoms with Gasteiger partial charge in [-0.1, -0.05) is 32.0 Å². The summed E-state index contributed by atoms with van der Waals surface area (Å²) in [6.45, 7) is 4.13. The SMILES string of the molecule is CC1(C)C(O)CC1NCc1ccccc1OC(F)(F)F. The highest BCUT2D eigenvalue weighted by Crippen LogP contribution is 2.40. The Morgan fingerprint density at radius 1 is 1.35 bits per heavy atom. The van der Waals surface area contributed by atoms with Crippen LogP contribution in [0.4, 0.5) is 13.2 Å². The Morgan fingerprint density at radius 3 is 2.55 bits per heavy atom. The number of nitrogens with one attached hydrogen (secondary N) is 1. The largest absolute Gasteiger partial charge is 0.573 e. The van der Waals surface area contributed by atoms with Gasteiger partial charge in [0.1, 0.15) is 5.75 Å². The number of hydrogen-bond donors (Lipinski definition) is 2. The number of para-hydroxylation sites is 1. The average Bonchev–Trinajstić information content (AvgIpc) is 2.34. The molecular formula is C14H18F3NO2. The number of hydrogen-bond acceptors (Lipinski definition) is 3. The minimum Gasteiger partial charge on any atom is -0.405 e. The maximum Gasteiger partial charge on any atom is 0.573 e. The smallest absolute Gasteiger partial charge is 0.405 e. The Bertz CT molecular complexity index is 474. The molecule has 3 nitrogen and oxygen atoms in total. The van der Waals surface area contributed by atoms with Crippen LogP contribution >= 0.6 is 0 Å². The summed E-state index contributed by atoms with van der Waals surface area (Å²) in [6.07, 6.45) is -4.46. The van der Waals surface area contributed by atoms with Gasteiger partial charge in [-0.05, 0) is 12.5 Å². The maximum atomic E-state index is 12.3. The van der Waals surface area contributed by atoms with Gasteiger partial charge in [0.2, 0.25) is 0 Å². The first-order chi connectivity index (χ1) is 9.20. The highest BCUT2D eigenvalue weighted by atomic mass is 19.4. The number of rotatable bonds is 4. The van der Waals surface area contributed by atoms with Crippen LogP contribution in [0.15, 0.2) is 24.3 Å². The van der Waals surface area contributed by atoms with Gasteiger partial charge >= 0.3 is 6.36 Å². The summed E-state index contributed by atoms with van der Waals surface area (Å²) in [5.41, 5.74) is 0.182. The van der Waals surface area contributed by atoms with Gasteiger partial charge in [0.05, 0.1) is 6.10 Å². The molecule has 0 saturated heterocycles. The van der Waals surface area contributed by atoms with Gasteiger partial charge in [-0.25, -0.2) is 0 Å². The van der Waals surface area contributed by atoms with Crippen LogP contribution in [0.3, 0.4) is 0 Å². The summed E-state index contributed by atoms with van der Waals surface area (Å²) in [5.74, 6) is -0.190. The fourth-order valence-electron chi connectivity index (χ4n) is 2.36. The molecule has 1 aromatic carbocycles. The van der Waals surface area contributed by atoms with Crippen LogP contribution in [0, 0.1) is 5.41 Å². The summed E-state index contributed by atoms with van der Waals surface area (Å²) < 4.78 is 40.9. The normalized spacial score (nSPS) is 25.1. The molecule has 0 spiro atoms. The van der Waals surface area contributed by atoms with E-state index in [1.54, 1.807) is 12.1 Å². The van der Waals surface area contributed by atoms with E-state index in [2.05, 4.69) is 10.1 Å². The number of aliphatic hydroxyl groups excluding tert-OH is 1. The van der Waals surface area contributed by atoms with Crippen molar-refractivity contribution in [2.45, 2.75) is 45.3 Å². The van der Waals surface area contributed by atoms with Gasteiger partial charge in [0.15, 0.2) is 0 Å². The van der Waals surface area contributed by atoms with Crippen molar-refractivity contribution in [1.29, 1.82) is 0 Å². The molecule has 2 unspecified atom stereocenters. The topological polar surface area (TPSA) is 41.5 Å². The predicted octanol–water partition coefficient (Wildman–Crippen LogP) is 2.83. The van der Waals surface area contributed by atoms with Crippen LogP contribution < -0.4 is 10.1 Å². The van der Waals surface area contributed by atoms with Crippen LogP contribution in [-0.4, -0.2) is 23.6 Å². The Balaban J connectivity index is 2.00. The molecule has 1 aliphatic rings. The van der Waals surface area contributed by atoms with Gasteiger partial charge in [-0.2, -0.15) is 0 Å². The molecule has 0 heterocycles. The second kappa shape index (κ2) is 5.26. The molecule has 0 aliphatic heterocycles. The lowest BCUT2D eigenvalue weighted by Gasteiger charge is -2.49. The lowest BCUT2D eigenvalue weighted by atomic mass is 9.64. The molecule has 20 heavy (non-hydrogen) atoms. The fraction of sp³-hybridized carbons (Fsp3) is 0.571. The summed E-state index contributed by atoms with van der Waals surface area (Å²) in [4.78, 5) is 0. The molecule has 1 aromatic rings. The maximum absolute atomic E-state index is 12.3. The molecule has 0 bridgehead atoms. The molecule has 6 heteroatoms. The predicted molar refractivity (Wildman–Crippen MR) is 68.2 cm³/mol. The number of aliphatic hydroxyl groups is 1. The fourth-order valence-corrected chi connectivity index (χ4v) is 2.36. The lowest BCUT2D eigenvalue weighted by Crippen LogP contribution is -2.59. The molecule has 2 N–H and O–H groups in total. The van der Waals surface area contributed by atoms with Crippen molar-refractivity contribution >= 4 is 0 Å². The molecule has 2 atom stereocenters. The average molecular weight is 289 g/mol.